The number of hydrogen-bond acceptors (Lipinski definition) is 1. The van der Waals surface area contributed by atoms with Gasteiger partial charge in [-0.1, -0.05) is 29.8 Å². The van der Waals surface area contributed by atoms with Gasteiger partial charge in [0.05, 0.1) is 5.03 Å². The highest BCUT2D eigenvalue weighted by Gasteiger charge is 2.35. The van der Waals surface area contributed by atoms with Crippen molar-refractivity contribution >= 4 is 17.4 Å². The molecular weight excluding hydrogens is 184 g/mol. The van der Waals surface area contributed by atoms with E-state index < -0.39 is 0 Å². The first-order valence-electron chi connectivity index (χ1n) is 4.44. The molecule has 0 aromatic carbocycles. The molecular formula is C11H11ClO. The molecule has 2 heteroatoms. The average molecular weight is 195 g/mol. The summed E-state index contributed by atoms with van der Waals surface area (Å²) < 4.78 is 0. The van der Waals surface area contributed by atoms with Gasteiger partial charge in [-0.15, -0.1) is 0 Å². The van der Waals surface area contributed by atoms with Crippen LogP contribution in [0.4, 0.5) is 0 Å². The number of ketones is 1. The third kappa shape index (κ3) is 1.28. The van der Waals surface area contributed by atoms with Crippen molar-refractivity contribution in [2.45, 2.75) is 19.3 Å². The smallest absolute Gasteiger partial charge is 0.196 e. The molecule has 1 spiro atoms. The first kappa shape index (κ1) is 8.76. The van der Waals surface area contributed by atoms with E-state index in [2.05, 4.69) is 6.58 Å². The highest BCUT2D eigenvalue weighted by molar-refractivity contribution is 6.44. The van der Waals surface area contributed by atoms with Crippen molar-refractivity contribution in [1.82, 2.24) is 0 Å². The maximum Gasteiger partial charge on any atom is 0.196 e. The normalized spacial score (nSPS) is 32.8. The van der Waals surface area contributed by atoms with E-state index in [9.17, 15) is 4.79 Å². The second-order valence-corrected chi connectivity index (χ2v) is 4.09. The van der Waals surface area contributed by atoms with Crippen LogP contribution in [0.3, 0.4) is 0 Å². The van der Waals surface area contributed by atoms with Gasteiger partial charge in [0, 0.05) is 5.41 Å². The number of hydrogen-bond donors (Lipinski definition) is 0. The molecule has 0 aromatic heterocycles. The molecule has 0 heterocycles. The number of allylic oxidation sites excluding steroid dienone is 5. The Morgan fingerprint density at radius 2 is 2.31 bits per heavy atom. The molecule has 13 heavy (non-hydrogen) atoms. The number of rotatable bonds is 0. The lowest BCUT2D eigenvalue weighted by molar-refractivity contribution is -0.111. The Morgan fingerprint density at radius 3 is 2.85 bits per heavy atom. The van der Waals surface area contributed by atoms with Crippen LogP contribution in [-0.2, 0) is 4.79 Å². The van der Waals surface area contributed by atoms with Crippen LogP contribution in [0, 0.1) is 5.41 Å². The summed E-state index contributed by atoms with van der Waals surface area (Å²) >= 11 is 5.82. The molecule has 1 nitrogen and oxygen atoms in total. The summed E-state index contributed by atoms with van der Waals surface area (Å²) in [5.74, 6) is -0.0907. The summed E-state index contributed by atoms with van der Waals surface area (Å²) in [5, 5.41) is 0.338. The fraction of sp³-hybridized carbons (Fsp3) is 0.364. The molecule has 0 aliphatic heterocycles. The minimum Gasteiger partial charge on any atom is -0.288 e. The summed E-state index contributed by atoms with van der Waals surface area (Å²) in [6.07, 6.45) is 8.57. The van der Waals surface area contributed by atoms with Crippen molar-refractivity contribution in [2.75, 3.05) is 0 Å². The fourth-order valence-electron chi connectivity index (χ4n) is 2.03. The molecule has 0 radical (unpaired) electrons. The molecule has 0 saturated heterocycles. The van der Waals surface area contributed by atoms with E-state index in [-0.39, 0.29) is 11.2 Å². The number of carbonyl (C=O) groups excluding carboxylic acids is 1. The van der Waals surface area contributed by atoms with Crippen LogP contribution in [-0.4, -0.2) is 5.78 Å². The quantitative estimate of drug-likeness (QED) is 0.542. The van der Waals surface area contributed by atoms with Gasteiger partial charge in [-0.25, -0.2) is 0 Å². The topological polar surface area (TPSA) is 17.1 Å². The van der Waals surface area contributed by atoms with E-state index in [1.165, 1.54) is 5.57 Å². The Balaban J connectivity index is 2.41. The summed E-state index contributed by atoms with van der Waals surface area (Å²) in [4.78, 5) is 11.1. The molecule has 1 unspecified atom stereocenters. The minimum atomic E-state index is -0.106. The zero-order chi connectivity index (χ0) is 9.47. The van der Waals surface area contributed by atoms with Gasteiger partial charge in [0.1, 0.15) is 0 Å². The lowest BCUT2D eigenvalue weighted by Crippen LogP contribution is -2.17. The highest BCUT2D eigenvalue weighted by atomic mass is 35.5. The van der Waals surface area contributed by atoms with Gasteiger partial charge >= 0.3 is 0 Å². The van der Waals surface area contributed by atoms with Gasteiger partial charge in [0.2, 0.25) is 0 Å². The first-order chi connectivity index (χ1) is 6.14. The SMILES string of the molecule is C=C1CCCC12C=CC(=O)C(Cl)=C2. The minimum absolute atomic E-state index is 0.0907. The van der Waals surface area contributed by atoms with Crippen molar-refractivity contribution in [2.24, 2.45) is 5.41 Å². The van der Waals surface area contributed by atoms with E-state index in [1.807, 2.05) is 12.2 Å². The molecule has 1 fully saturated rings. The van der Waals surface area contributed by atoms with E-state index in [0.717, 1.165) is 19.3 Å². The lowest BCUT2D eigenvalue weighted by atomic mass is 9.79. The Morgan fingerprint density at radius 1 is 1.54 bits per heavy atom. The average Bonchev–Trinajstić information content (AvgIpc) is 2.42. The largest absolute Gasteiger partial charge is 0.288 e. The summed E-state index contributed by atoms with van der Waals surface area (Å²) in [5.41, 5.74) is 1.07. The van der Waals surface area contributed by atoms with Gasteiger partial charge in [-0.2, -0.15) is 0 Å². The zero-order valence-corrected chi connectivity index (χ0v) is 8.10. The van der Waals surface area contributed by atoms with Crippen LogP contribution >= 0.6 is 11.6 Å². The van der Waals surface area contributed by atoms with Crippen LogP contribution in [0.15, 0.2) is 35.4 Å². The third-order valence-corrected chi connectivity index (χ3v) is 3.17. The second-order valence-electron chi connectivity index (χ2n) is 3.69. The Labute approximate surface area is 82.8 Å². The van der Waals surface area contributed by atoms with Crippen molar-refractivity contribution in [3.63, 3.8) is 0 Å². The number of halogens is 1. The first-order valence-corrected chi connectivity index (χ1v) is 4.82. The predicted molar refractivity (Wildman–Crippen MR) is 53.5 cm³/mol. The third-order valence-electron chi connectivity index (χ3n) is 2.88. The van der Waals surface area contributed by atoms with E-state index >= 15 is 0 Å². The molecule has 2 aliphatic rings. The summed E-state index contributed by atoms with van der Waals surface area (Å²) in [7, 11) is 0. The molecule has 1 atom stereocenters. The van der Waals surface area contributed by atoms with Gasteiger partial charge in [-0.05, 0) is 31.4 Å². The molecule has 0 amide bonds. The van der Waals surface area contributed by atoms with E-state index in [0.29, 0.717) is 5.03 Å². The fourth-order valence-corrected chi connectivity index (χ4v) is 2.29. The van der Waals surface area contributed by atoms with Gasteiger partial charge in [-0.3, -0.25) is 4.79 Å². The van der Waals surface area contributed by atoms with Crippen LogP contribution in [0.2, 0.25) is 0 Å². The van der Waals surface area contributed by atoms with Gasteiger partial charge < -0.3 is 0 Å². The predicted octanol–water partition coefficient (Wildman–Crippen LogP) is 2.97. The number of carbonyl (C=O) groups is 1. The van der Waals surface area contributed by atoms with Crippen molar-refractivity contribution < 1.29 is 4.79 Å². The van der Waals surface area contributed by atoms with Crippen molar-refractivity contribution in [1.29, 1.82) is 0 Å². The van der Waals surface area contributed by atoms with Crippen LogP contribution < -0.4 is 0 Å². The van der Waals surface area contributed by atoms with Gasteiger partial charge in [0.15, 0.2) is 5.78 Å². The molecule has 0 N–H and O–H groups in total. The lowest BCUT2D eigenvalue weighted by Gasteiger charge is -2.25. The maximum absolute atomic E-state index is 11.1. The van der Waals surface area contributed by atoms with Crippen LogP contribution in [0.1, 0.15) is 19.3 Å². The second kappa shape index (κ2) is 2.85. The molecule has 2 aliphatic carbocycles. The summed E-state index contributed by atoms with van der Waals surface area (Å²) in [6.45, 7) is 4.02. The van der Waals surface area contributed by atoms with Crippen LogP contribution in [0.25, 0.3) is 0 Å². The highest BCUT2D eigenvalue weighted by Crippen LogP contribution is 2.46. The van der Waals surface area contributed by atoms with Crippen LogP contribution in [0.5, 0.6) is 0 Å². The Hall–Kier alpha value is -0.820. The molecule has 0 aromatic rings. The maximum atomic E-state index is 11.1. The molecule has 1 saturated carbocycles. The Kier molecular flexibility index (Phi) is 1.92. The zero-order valence-electron chi connectivity index (χ0n) is 7.35. The van der Waals surface area contributed by atoms with E-state index in [1.54, 1.807) is 6.08 Å². The summed E-state index contributed by atoms with van der Waals surface area (Å²) in [6, 6.07) is 0. The molecule has 68 valence electrons. The van der Waals surface area contributed by atoms with Crippen molar-refractivity contribution in [3.8, 4) is 0 Å². The van der Waals surface area contributed by atoms with Gasteiger partial charge in [0.25, 0.3) is 0 Å². The molecule has 2 rings (SSSR count). The van der Waals surface area contributed by atoms with Crippen molar-refractivity contribution in [3.05, 3.63) is 35.4 Å². The molecule has 0 bridgehead atoms. The standard InChI is InChI=1S/C11H11ClO/c1-8-3-2-5-11(8)6-4-10(13)9(12)7-11/h4,6-7H,1-3,5H2. The Bertz CT molecular complexity index is 338. The monoisotopic (exact) mass is 194 g/mol. The van der Waals surface area contributed by atoms with E-state index in [4.69, 9.17) is 11.6 Å².